The molecule has 0 radical (unpaired) electrons. The lowest BCUT2D eigenvalue weighted by Crippen LogP contribution is -2.07. The molecule has 1 N–H and O–H groups in total. The molecule has 0 saturated heterocycles. The zero-order chi connectivity index (χ0) is 10.2. The zero-order valence-corrected chi connectivity index (χ0v) is 7.68. The van der Waals surface area contributed by atoms with Crippen LogP contribution in [-0.2, 0) is 9.53 Å². The van der Waals surface area contributed by atoms with Gasteiger partial charge >= 0.3 is 5.97 Å². The van der Waals surface area contributed by atoms with E-state index >= 15 is 0 Å². The Kier molecular flexibility index (Phi) is 4.50. The largest absolute Gasteiger partial charge is 0.481 e. The first-order valence-electron chi connectivity index (χ1n) is 4.26. The van der Waals surface area contributed by atoms with Gasteiger partial charge in [-0.25, -0.2) is 0 Å². The van der Waals surface area contributed by atoms with Gasteiger partial charge in [0.2, 0.25) is 0 Å². The van der Waals surface area contributed by atoms with Crippen molar-refractivity contribution in [3.8, 4) is 5.75 Å². The molecule has 0 bridgehead atoms. The molecule has 76 valence electrons. The Labute approximate surface area is 82.1 Å². The SMILES string of the molecule is O=C(O)CCOCOc1ccccc1. The fraction of sp³-hybridized carbons (Fsp3) is 0.300. The first-order valence-corrected chi connectivity index (χ1v) is 4.26. The molecule has 0 heterocycles. The highest BCUT2D eigenvalue weighted by Crippen LogP contribution is 2.07. The number of carboxylic acid groups (broad SMARTS) is 1. The maximum atomic E-state index is 10.1. The maximum absolute atomic E-state index is 10.1. The number of hydrogen-bond donors (Lipinski definition) is 1. The van der Waals surface area contributed by atoms with E-state index < -0.39 is 5.97 Å². The van der Waals surface area contributed by atoms with Gasteiger partial charge in [-0.05, 0) is 12.1 Å². The van der Waals surface area contributed by atoms with E-state index in [9.17, 15) is 4.79 Å². The zero-order valence-electron chi connectivity index (χ0n) is 7.68. The molecule has 0 saturated carbocycles. The second-order valence-electron chi connectivity index (χ2n) is 2.63. The van der Waals surface area contributed by atoms with Crippen molar-refractivity contribution in [2.75, 3.05) is 13.4 Å². The summed E-state index contributed by atoms with van der Waals surface area (Å²) in [5.74, 6) is -0.160. The van der Waals surface area contributed by atoms with Crippen LogP contribution in [0.1, 0.15) is 6.42 Å². The Morgan fingerprint density at radius 3 is 2.64 bits per heavy atom. The van der Waals surface area contributed by atoms with Crippen LogP contribution in [0.4, 0.5) is 0 Å². The number of rotatable bonds is 6. The smallest absolute Gasteiger partial charge is 0.305 e. The highest BCUT2D eigenvalue weighted by molar-refractivity contribution is 5.66. The summed E-state index contributed by atoms with van der Waals surface area (Å²) in [6.45, 7) is 0.249. The predicted molar refractivity (Wildman–Crippen MR) is 50.1 cm³/mol. The summed E-state index contributed by atoms with van der Waals surface area (Å²) < 4.78 is 10.1. The van der Waals surface area contributed by atoms with Gasteiger partial charge in [0.1, 0.15) is 5.75 Å². The van der Waals surface area contributed by atoms with Gasteiger partial charge in [-0.2, -0.15) is 0 Å². The van der Waals surface area contributed by atoms with Crippen LogP contribution in [0, 0.1) is 0 Å². The van der Waals surface area contributed by atoms with Crippen LogP contribution in [0.5, 0.6) is 5.75 Å². The number of carbonyl (C=O) groups is 1. The summed E-state index contributed by atoms with van der Waals surface area (Å²) >= 11 is 0. The van der Waals surface area contributed by atoms with E-state index in [1.165, 1.54) is 0 Å². The molecule has 0 spiro atoms. The Morgan fingerprint density at radius 2 is 2.00 bits per heavy atom. The van der Waals surface area contributed by atoms with Gasteiger partial charge in [0.15, 0.2) is 6.79 Å². The molecular weight excluding hydrogens is 184 g/mol. The second-order valence-corrected chi connectivity index (χ2v) is 2.63. The van der Waals surface area contributed by atoms with Crippen LogP contribution in [-0.4, -0.2) is 24.5 Å². The number of benzene rings is 1. The van der Waals surface area contributed by atoms with E-state index in [4.69, 9.17) is 14.6 Å². The lowest BCUT2D eigenvalue weighted by atomic mass is 10.3. The van der Waals surface area contributed by atoms with Crippen LogP contribution in [0.25, 0.3) is 0 Å². The number of ether oxygens (including phenoxy) is 2. The third kappa shape index (κ3) is 4.47. The molecule has 0 atom stereocenters. The predicted octanol–water partition coefficient (Wildman–Crippen LogP) is 1.51. The van der Waals surface area contributed by atoms with Crippen LogP contribution >= 0.6 is 0 Å². The van der Waals surface area contributed by atoms with Crippen molar-refractivity contribution in [3.63, 3.8) is 0 Å². The standard InChI is InChI=1S/C10H12O4/c11-10(12)6-7-13-8-14-9-4-2-1-3-5-9/h1-5H,6-8H2,(H,11,12). The van der Waals surface area contributed by atoms with Gasteiger partial charge in [0.05, 0.1) is 13.0 Å². The third-order valence-electron chi connectivity index (χ3n) is 1.51. The van der Waals surface area contributed by atoms with Gasteiger partial charge in [-0.1, -0.05) is 18.2 Å². The topological polar surface area (TPSA) is 55.8 Å². The van der Waals surface area contributed by atoms with E-state index in [0.717, 1.165) is 0 Å². The fourth-order valence-corrected chi connectivity index (χ4v) is 0.845. The summed E-state index contributed by atoms with van der Waals surface area (Å²) in [7, 11) is 0. The summed E-state index contributed by atoms with van der Waals surface area (Å²) in [5.41, 5.74) is 0. The minimum absolute atomic E-state index is 0.00184. The number of aliphatic carboxylic acids is 1. The summed E-state index contributed by atoms with van der Waals surface area (Å²) in [6.07, 6.45) is -0.00184. The maximum Gasteiger partial charge on any atom is 0.305 e. The molecule has 0 aromatic heterocycles. The monoisotopic (exact) mass is 196 g/mol. The summed E-state index contributed by atoms with van der Waals surface area (Å²) in [5, 5.41) is 8.31. The number of para-hydroxylation sites is 1. The normalized spacial score (nSPS) is 9.71. The lowest BCUT2D eigenvalue weighted by Gasteiger charge is -2.05. The Hall–Kier alpha value is -1.55. The highest BCUT2D eigenvalue weighted by atomic mass is 16.7. The van der Waals surface area contributed by atoms with E-state index in [2.05, 4.69) is 0 Å². The van der Waals surface area contributed by atoms with Crippen LogP contribution in [0.3, 0.4) is 0 Å². The van der Waals surface area contributed by atoms with Gasteiger partial charge in [0, 0.05) is 0 Å². The quantitative estimate of drug-likeness (QED) is 0.553. The van der Waals surface area contributed by atoms with Crippen molar-refractivity contribution < 1.29 is 19.4 Å². The molecule has 1 aromatic rings. The highest BCUT2D eigenvalue weighted by Gasteiger charge is 1.96. The van der Waals surface area contributed by atoms with Gasteiger partial charge in [0.25, 0.3) is 0 Å². The van der Waals surface area contributed by atoms with Gasteiger partial charge in [-0.15, -0.1) is 0 Å². The minimum Gasteiger partial charge on any atom is -0.481 e. The number of hydrogen-bond acceptors (Lipinski definition) is 3. The van der Waals surface area contributed by atoms with Crippen molar-refractivity contribution in [1.82, 2.24) is 0 Å². The molecule has 1 rings (SSSR count). The van der Waals surface area contributed by atoms with Crippen LogP contribution in [0.2, 0.25) is 0 Å². The Bertz CT molecular complexity index is 271. The van der Waals surface area contributed by atoms with Gasteiger partial charge < -0.3 is 14.6 Å². The number of carboxylic acids is 1. The molecule has 0 aliphatic carbocycles. The van der Waals surface area contributed by atoms with E-state index in [1.807, 2.05) is 18.2 Å². The average Bonchev–Trinajstić information content (AvgIpc) is 2.18. The molecule has 0 amide bonds. The van der Waals surface area contributed by atoms with Gasteiger partial charge in [-0.3, -0.25) is 4.79 Å². The summed E-state index contributed by atoms with van der Waals surface area (Å²) in [4.78, 5) is 10.1. The average molecular weight is 196 g/mol. The van der Waals surface area contributed by atoms with E-state index in [0.29, 0.717) is 5.75 Å². The minimum atomic E-state index is -0.871. The molecule has 0 aliphatic rings. The van der Waals surface area contributed by atoms with E-state index in [1.54, 1.807) is 12.1 Å². The first kappa shape index (κ1) is 10.5. The van der Waals surface area contributed by atoms with Crippen molar-refractivity contribution >= 4 is 5.97 Å². The molecule has 0 aliphatic heterocycles. The molecule has 0 fully saturated rings. The molecule has 1 aromatic carbocycles. The molecule has 4 heteroatoms. The summed E-state index contributed by atoms with van der Waals surface area (Å²) in [6, 6.07) is 9.21. The van der Waals surface area contributed by atoms with Crippen molar-refractivity contribution in [2.45, 2.75) is 6.42 Å². The van der Waals surface area contributed by atoms with Crippen LogP contribution < -0.4 is 4.74 Å². The molecular formula is C10H12O4. The molecule has 14 heavy (non-hydrogen) atoms. The second kappa shape index (κ2) is 5.99. The van der Waals surface area contributed by atoms with E-state index in [-0.39, 0.29) is 19.8 Å². The van der Waals surface area contributed by atoms with Crippen molar-refractivity contribution in [1.29, 1.82) is 0 Å². The fourth-order valence-electron chi connectivity index (χ4n) is 0.845. The Morgan fingerprint density at radius 1 is 1.29 bits per heavy atom. The first-order chi connectivity index (χ1) is 6.79. The van der Waals surface area contributed by atoms with Crippen molar-refractivity contribution in [2.24, 2.45) is 0 Å². The Balaban J connectivity index is 2.08. The van der Waals surface area contributed by atoms with Crippen LogP contribution in [0.15, 0.2) is 30.3 Å². The lowest BCUT2D eigenvalue weighted by molar-refractivity contribution is -0.138. The van der Waals surface area contributed by atoms with Crippen molar-refractivity contribution in [3.05, 3.63) is 30.3 Å². The third-order valence-corrected chi connectivity index (χ3v) is 1.51. The molecule has 0 unspecified atom stereocenters. The molecule has 4 nitrogen and oxygen atoms in total.